The van der Waals surface area contributed by atoms with E-state index in [0.29, 0.717) is 17.7 Å². The number of nitrogens with two attached hydrogens (primary N) is 1. The maximum Gasteiger partial charge on any atom is 0.258 e. The van der Waals surface area contributed by atoms with E-state index in [0.717, 1.165) is 11.8 Å². The van der Waals surface area contributed by atoms with Gasteiger partial charge in [0.2, 0.25) is 0 Å². The Kier molecular flexibility index (Phi) is 1.96. The minimum absolute atomic E-state index is 0.451. The summed E-state index contributed by atoms with van der Waals surface area (Å²) in [4.78, 5) is 21.3. The quantitative estimate of drug-likeness (QED) is 0.683. The van der Waals surface area contributed by atoms with Gasteiger partial charge in [0, 0.05) is 12.0 Å². The predicted molar refractivity (Wildman–Crippen MR) is 49.1 cm³/mol. The molecule has 72 valence electrons. The van der Waals surface area contributed by atoms with E-state index in [1.54, 1.807) is 18.2 Å². The number of rotatable bonds is 2. The normalized spacial score (nSPS) is 18.4. The van der Waals surface area contributed by atoms with Crippen LogP contribution < -0.4 is 10.5 Å². The highest BCUT2D eigenvalue weighted by molar-refractivity contribution is 5.81. The van der Waals surface area contributed by atoms with Crippen LogP contribution in [-0.2, 0) is 11.2 Å². The first-order valence-corrected chi connectivity index (χ1v) is 4.25. The number of hydrogen-bond acceptors (Lipinski definition) is 3. The first kappa shape index (κ1) is 8.74. The number of carbonyl (C=O) groups excluding carboxylic acids is 2. The van der Waals surface area contributed by atoms with Gasteiger partial charge in [0.15, 0.2) is 6.10 Å². The van der Waals surface area contributed by atoms with Gasteiger partial charge in [-0.3, -0.25) is 9.59 Å². The van der Waals surface area contributed by atoms with Crippen LogP contribution in [0.4, 0.5) is 0 Å². The lowest BCUT2D eigenvalue weighted by Crippen LogP contribution is -2.31. The van der Waals surface area contributed by atoms with E-state index in [9.17, 15) is 9.59 Å². The van der Waals surface area contributed by atoms with E-state index in [2.05, 4.69) is 0 Å². The molecule has 0 saturated carbocycles. The van der Waals surface area contributed by atoms with Gasteiger partial charge >= 0.3 is 0 Å². The smallest absolute Gasteiger partial charge is 0.258 e. The van der Waals surface area contributed by atoms with E-state index in [-0.39, 0.29) is 0 Å². The van der Waals surface area contributed by atoms with Gasteiger partial charge < -0.3 is 10.5 Å². The van der Waals surface area contributed by atoms with Crippen LogP contribution in [0.15, 0.2) is 18.2 Å². The first-order chi connectivity index (χ1) is 6.70. The molecule has 2 N–H and O–H groups in total. The summed E-state index contributed by atoms with van der Waals surface area (Å²) in [5.74, 6) is 0.160. The second-order valence-electron chi connectivity index (χ2n) is 3.20. The number of aldehydes is 1. The van der Waals surface area contributed by atoms with Crippen LogP contribution >= 0.6 is 0 Å². The monoisotopic (exact) mass is 191 g/mol. The molecular formula is C10H9NO3. The van der Waals surface area contributed by atoms with Gasteiger partial charge in [-0.25, -0.2) is 0 Å². The maximum absolute atomic E-state index is 10.9. The SMILES string of the molecule is NC(=O)[C@H]1Cc2cc(C=O)ccc2O1. The van der Waals surface area contributed by atoms with Crippen molar-refractivity contribution < 1.29 is 14.3 Å². The summed E-state index contributed by atoms with van der Waals surface area (Å²) in [7, 11) is 0. The largest absolute Gasteiger partial charge is 0.480 e. The average molecular weight is 191 g/mol. The fourth-order valence-electron chi connectivity index (χ4n) is 1.50. The summed E-state index contributed by atoms with van der Waals surface area (Å²) >= 11 is 0. The molecule has 1 aliphatic heterocycles. The highest BCUT2D eigenvalue weighted by Crippen LogP contribution is 2.28. The minimum atomic E-state index is -0.591. The zero-order valence-corrected chi connectivity index (χ0v) is 7.40. The van der Waals surface area contributed by atoms with Crippen molar-refractivity contribution in [2.45, 2.75) is 12.5 Å². The molecule has 0 aromatic heterocycles. The van der Waals surface area contributed by atoms with Crippen LogP contribution in [0.5, 0.6) is 5.75 Å². The Labute approximate surface area is 80.7 Å². The Balaban J connectivity index is 2.31. The van der Waals surface area contributed by atoms with Crippen LogP contribution in [0.1, 0.15) is 15.9 Å². The number of ether oxygens (including phenoxy) is 1. The molecule has 0 spiro atoms. The summed E-state index contributed by atoms with van der Waals surface area (Å²) in [5, 5.41) is 0. The highest BCUT2D eigenvalue weighted by Gasteiger charge is 2.27. The Morgan fingerprint density at radius 2 is 2.36 bits per heavy atom. The number of amides is 1. The molecule has 1 aliphatic rings. The summed E-state index contributed by atoms with van der Waals surface area (Å²) in [6, 6.07) is 5.04. The molecular weight excluding hydrogens is 182 g/mol. The molecule has 4 nitrogen and oxygen atoms in total. The molecule has 1 amide bonds. The topological polar surface area (TPSA) is 69.4 Å². The van der Waals surface area contributed by atoms with Gasteiger partial charge in [-0.1, -0.05) is 0 Å². The molecule has 14 heavy (non-hydrogen) atoms. The van der Waals surface area contributed by atoms with Crippen molar-refractivity contribution in [2.24, 2.45) is 5.73 Å². The van der Waals surface area contributed by atoms with Crippen LogP contribution in [-0.4, -0.2) is 18.3 Å². The summed E-state index contributed by atoms with van der Waals surface area (Å²) < 4.78 is 5.28. The van der Waals surface area contributed by atoms with Crippen molar-refractivity contribution in [3.63, 3.8) is 0 Å². The zero-order valence-electron chi connectivity index (χ0n) is 7.40. The van der Waals surface area contributed by atoms with Crippen LogP contribution in [0.25, 0.3) is 0 Å². The second-order valence-corrected chi connectivity index (χ2v) is 3.20. The summed E-state index contributed by atoms with van der Waals surface area (Å²) in [6.45, 7) is 0. The third kappa shape index (κ3) is 1.35. The van der Waals surface area contributed by atoms with Gasteiger partial charge in [0.05, 0.1) is 0 Å². The Morgan fingerprint density at radius 3 is 3.00 bits per heavy atom. The molecule has 1 atom stereocenters. The van der Waals surface area contributed by atoms with Gasteiger partial charge in [0.1, 0.15) is 12.0 Å². The number of benzene rings is 1. The summed E-state index contributed by atoms with van der Waals surface area (Å²) in [5.41, 5.74) is 6.55. The van der Waals surface area contributed by atoms with E-state index in [1.165, 1.54) is 0 Å². The van der Waals surface area contributed by atoms with Gasteiger partial charge in [-0.05, 0) is 23.8 Å². The van der Waals surface area contributed by atoms with Crippen molar-refractivity contribution in [3.05, 3.63) is 29.3 Å². The number of primary amides is 1. The van der Waals surface area contributed by atoms with Gasteiger partial charge in [0.25, 0.3) is 5.91 Å². The van der Waals surface area contributed by atoms with Crippen LogP contribution in [0.3, 0.4) is 0 Å². The third-order valence-electron chi connectivity index (χ3n) is 2.21. The molecule has 0 saturated heterocycles. The second kappa shape index (κ2) is 3.14. The average Bonchev–Trinajstić information content (AvgIpc) is 2.59. The lowest BCUT2D eigenvalue weighted by molar-refractivity contribution is -0.123. The van der Waals surface area contributed by atoms with E-state index < -0.39 is 12.0 Å². The fraction of sp³-hybridized carbons (Fsp3) is 0.200. The molecule has 0 fully saturated rings. The molecule has 1 heterocycles. The lowest BCUT2D eigenvalue weighted by Gasteiger charge is -2.04. The Hall–Kier alpha value is -1.84. The van der Waals surface area contributed by atoms with Crippen molar-refractivity contribution in [2.75, 3.05) is 0 Å². The van der Waals surface area contributed by atoms with Gasteiger partial charge in [-0.2, -0.15) is 0 Å². The molecule has 0 aliphatic carbocycles. The standard InChI is InChI=1S/C10H9NO3/c11-10(13)9-4-7-3-6(5-12)1-2-8(7)14-9/h1-3,5,9H,4H2,(H2,11,13)/t9-/m1/s1. The van der Waals surface area contributed by atoms with E-state index >= 15 is 0 Å². The van der Waals surface area contributed by atoms with Crippen molar-refractivity contribution in [3.8, 4) is 5.75 Å². The van der Waals surface area contributed by atoms with Crippen molar-refractivity contribution in [1.29, 1.82) is 0 Å². The van der Waals surface area contributed by atoms with Gasteiger partial charge in [-0.15, -0.1) is 0 Å². The van der Waals surface area contributed by atoms with Crippen molar-refractivity contribution >= 4 is 12.2 Å². The third-order valence-corrected chi connectivity index (χ3v) is 2.21. The molecule has 0 bridgehead atoms. The number of carbonyl (C=O) groups is 2. The lowest BCUT2D eigenvalue weighted by atomic mass is 10.1. The fourth-order valence-corrected chi connectivity index (χ4v) is 1.50. The maximum atomic E-state index is 10.9. The van der Waals surface area contributed by atoms with E-state index in [1.807, 2.05) is 0 Å². The van der Waals surface area contributed by atoms with Crippen molar-refractivity contribution in [1.82, 2.24) is 0 Å². The number of fused-ring (bicyclic) bond motifs is 1. The van der Waals surface area contributed by atoms with E-state index in [4.69, 9.17) is 10.5 Å². The summed E-state index contributed by atoms with van der Waals surface area (Å²) in [6.07, 6.45) is 0.622. The minimum Gasteiger partial charge on any atom is -0.480 e. The molecule has 0 unspecified atom stereocenters. The molecule has 1 aromatic carbocycles. The zero-order chi connectivity index (χ0) is 10.1. The predicted octanol–water partition coefficient (Wildman–Crippen LogP) is 0.288. The Bertz CT molecular complexity index is 400. The molecule has 0 radical (unpaired) electrons. The Morgan fingerprint density at radius 1 is 1.57 bits per heavy atom. The van der Waals surface area contributed by atoms with Crippen LogP contribution in [0.2, 0.25) is 0 Å². The van der Waals surface area contributed by atoms with Crippen LogP contribution in [0, 0.1) is 0 Å². The highest BCUT2D eigenvalue weighted by atomic mass is 16.5. The first-order valence-electron chi connectivity index (χ1n) is 4.25. The number of hydrogen-bond donors (Lipinski definition) is 1. The molecule has 4 heteroatoms. The molecule has 2 rings (SSSR count). The molecule has 1 aromatic rings.